The number of carboxylic acids is 1. The average Bonchev–Trinajstić information content (AvgIpc) is 2.44. The Kier molecular flexibility index (Phi) is 4.74. The fourth-order valence-corrected chi connectivity index (χ4v) is 2.28. The minimum absolute atomic E-state index is 0.168. The molecule has 0 bridgehead atoms. The van der Waals surface area contributed by atoms with Crippen LogP contribution in [-0.2, 0) is 11.2 Å². The summed E-state index contributed by atoms with van der Waals surface area (Å²) < 4.78 is 5.67. The lowest BCUT2D eigenvalue weighted by Gasteiger charge is -2.13. The van der Waals surface area contributed by atoms with Gasteiger partial charge in [0.1, 0.15) is 0 Å². The predicted molar refractivity (Wildman–Crippen MR) is 79.2 cm³/mol. The van der Waals surface area contributed by atoms with E-state index in [1.807, 2.05) is 24.3 Å². The normalized spacial score (nSPS) is 12.5. The van der Waals surface area contributed by atoms with Crippen LogP contribution in [0.3, 0.4) is 0 Å². The number of fused-ring (bicyclic) bond motifs is 1. The molecule has 0 fully saturated rings. The van der Waals surface area contributed by atoms with Crippen LogP contribution in [0, 0.1) is 6.07 Å². The highest BCUT2D eigenvalue weighted by molar-refractivity contribution is 6.03. The van der Waals surface area contributed by atoms with Crippen molar-refractivity contribution in [1.29, 1.82) is 0 Å². The van der Waals surface area contributed by atoms with Crippen LogP contribution < -0.4 is 0 Å². The Hall–Kier alpha value is -1.87. The summed E-state index contributed by atoms with van der Waals surface area (Å²) in [6.45, 7) is 4.92. The van der Waals surface area contributed by atoms with Gasteiger partial charge in [0, 0.05) is 6.61 Å². The molecule has 0 heterocycles. The van der Waals surface area contributed by atoms with Crippen molar-refractivity contribution in [2.24, 2.45) is 0 Å². The first-order valence-electron chi connectivity index (χ1n) is 6.90. The standard InChI is InChI=1S/C17H19O3/c1-3-9-20-12(2)10-13-7-8-15-14(11-13)5-4-6-16(15)17(18)19/h4-5,7-8,11-12H,3,9-10H2,1-2H3,(H,18,19). The lowest BCUT2D eigenvalue weighted by Crippen LogP contribution is -2.12. The molecule has 20 heavy (non-hydrogen) atoms. The molecular weight excluding hydrogens is 252 g/mol. The van der Waals surface area contributed by atoms with Crippen molar-refractivity contribution in [3.8, 4) is 0 Å². The van der Waals surface area contributed by atoms with Gasteiger partial charge in [-0.25, -0.2) is 4.79 Å². The number of carbonyl (C=O) groups is 1. The summed E-state index contributed by atoms with van der Waals surface area (Å²) in [5, 5.41) is 10.8. The van der Waals surface area contributed by atoms with E-state index in [4.69, 9.17) is 9.84 Å². The second-order valence-corrected chi connectivity index (χ2v) is 4.96. The minimum Gasteiger partial charge on any atom is -0.478 e. The Morgan fingerprint density at radius 2 is 2.20 bits per heavy atom. The van der Waals surface area contributed by atoms with E-state index in [9.17, 15) is 4.79 Å². The van der Waals surface area contributed by atoms with Gasteiger partial charge in [-0.1, -0.05) is 37.3 Å². The molecule has 0 spiro atoms. The number of hydrogen-bond donors (Lipinski definition) is 1. The van der Waals surface area contributed by atoms with E-state index >= 15 is 0 Å². The van der Waals surface area contributed by atoms with Gasteiger partial charge in [0.05, 0.1) is 11.7 Å². The van der Waals surface area contributed by atoms with Crippen LogP contribution >= 0.6 is 0 Å². The zero-order valence-corrected chi connectivity index (χ0v) is 11.8. The summed E-state index contributed by atoms with van der Waals surface area (Å²) in [5.74, 6) is -0.942. The molecule has 2 aromatic carbocycles. The fraction of sp³-hybridized carbons (Fsp3) is 0.353. The van der Waals surface area contributed by atoms with Crippen molar-refractivity contribution in [1.82, 2.24) is 0 Å². The highest BCUT2D eigenvalue weighted by Crippen LogP contribution is 2.21. The van der Waals surface area contributed by atoms with E-state index in [1.54, 1.807) is 6.07 Å². The van der Waals surface area contributed by atoms with Gasteiger partial charge in [-0.2, -0.15) is 0 Å². The number of carboxylic acid groups (broad SMARTS) is 1. The van der Waals surface area contributed by atoms with Crippen LogP contribution in [0.2, 0.25) is 0 Å². The largest absolute Gasteiger partial charge is 0.478 e. The fourth-order valence-electron chi connectivity index (χ4n) is 2.28. The molecule has 2 aromatic rings. The van der Waals surface area contributed by atoms with E-state index < -0.39 is 5.97 Å². The molecule has 0 saturated carbocycles. The van der Waals surface area contributed by atoms with Gasteiger partial charge in [0.2, 0.25) is 0 Å². The Balaban J connectivity index is 2.24. The van der Waals surface area contributed by atoms with Gasteiger partial charge in [0.25, 0.3) is 0 Å². The zero-order chi connectivity index (χ0) is 14.5. The molecule has 2 rings (SSSR count). The number of aromatic carboxylic acids is 1. The predicted octanol–water partition coefficient (Wildman–Crippen LogP) is 3.70. The van der Waals surface area contributed by atoms with E-state index in [2.05, 4.69) is 19.9 Å². The number of ether oxygens (including phenoxy) is 1. The molecule has 1 atom stereocenters. The SMILES string of the molecule is CCCOC(C)Cc1ccc2c(C(=O)O)[c]ccc2c1. The smallest absolute Gasteiger partial charge is 0.336 e. The van der Waals surface area contributed by atoms with Gasteiger partial charge >= 0.3 is 5.97 Å². The summed E-state index contributed by atoms with van der Waals surface area (Å²) in [4.78, 5) is 11.1. The number of benzene rings is 2. The number of hydrogen-bond acceptors (Lipinski definition) is 2. The van der Waals surface area contributed by atoms with Gasteiger partial charge < -0.3 is 9.84 Å². The van der Waals surface area contributed by atoms with E-state index in [-0.39, 0.29) is 11.7 Å². The highest BCUT2D eigenvalue weighted by atomic mass is 16.5. The van der Waals surface area contributed by atoms with Crippen molar-refractivity contribution < 1.29 is 14.6 Å². The van der Waals surface area contributed by atoms with Gasteiger partial charge in [-0.3, -0.25) is 0 Å². The van der Waals surface area contributed by atoms with Crippen LogP contribution in [0.1, 0.15) is 36.2 Å². The van der Waals surface area contributed by atoms with Crippen molar-refractivity contribution in [3.05, 3.63) is 47.5 Å². The molecular formula is C17H19O3. The second kappa shape index (κ2) is 6.53. The van der Waals surface area contributed by atoms with Crippen LogP contribution in [0.5, 0.6) is 0 Å². The Bertz CT molecular complexity index is 604. The maximum absolute atomic E-state index is 11.1. The number of rotatable bonds is 6. The van der Waals surface area contributed by atoms with Crippen LogP contribution in [0.25, 0.3) is 10.8 Å². The van der Waals surface area contributed by atoms with Gasteiger partial charge in [-0.15, -0.1) is 0 Å². The summed E-state index contributed by atoms with van der Waals surface area (Å²) in [6.07, 6.45) is 2.01. The molecule has 0 saturated heterocycles. The van der Waals surface area contributed by atoms with Crippen LogP contribution in [0.4, 0.5) is 0 Å². The topological polar surface area (TPSA) is 46.5 Å². The lowest BCUT2D eigenvalue weighted by molar-refractivity contribution is 0.0668. The highest BCUT2D eigenvalue weighted by Gasteiger charge is 2.09. The van der Waals surface area contributed by atoms with Crippen molar-refractivity contribution in [2.75, 3.05) is 6.61 Å². The van der Waals surface area contributed by atoms with E-state index in [0.29, 0.717) is 0 Å². The Labute approximate surface area is 119 Å². The third kappa shape index (κ3) is 3.36. The summed E-state index contributed by atoms with van der Waals surface area (Å²) in [6, 6.07) is 12.2. The third-order valence-corrected chi connectivity index (χ3v) is 3.22. The summed E-state index contributed by atoms with van der Waals surface area (Å²) in [5.41, 5.74) is 1.38. The first-order chi connectivity index (χ1) is 9.61. The molecule has 105 valence electrons. The molecule has 0 amide bonds. The maximum Gasteiger partial charge on any atom is 0.336 e. The quantitative estimate of drug-likeness (QED) is 0.871. The Morgan fingerprint density at radius 1 is 1.40 bits per heavy atom. The molecule has 0 aliphatic heterocycles. The molecule has 1 unspecified atom stereocenters. The van der Waals surface area contributed by atoms with Gasteiger partial charge in [0.15, 0.2) is 0 Å². The molecule has 3 nitrogen and oxygen atoms in total. The molecule has 3 heteroatoms. The average molecular weight is 271 g/mol. The first kappa shape index (κ1) is 14.5. The first-order valence-corrected chi connectivity index (χ1v) is 6.90. The summed E-state index contributed by atoms with van der Waals surface area (Å²) in [7, 11) is 0. The summed E-state index contributed by atoms with van der Waals surface area (Å²) >= 11 is 0. The molecule has 0 aromatic heterocycles. The molecule has 0 aliphatic carbocycles. The van der Waals surface area contributed by atoms with E-state index in [1.165, 1.54) is 0 Å². The second-order valence-electron chi connectivity index (χ2n) is 4.96. The minimum atomic E-state index is -0.942. The zero-order valence-electron chi connectivity index (χ0n) is 11.8. The lowest BCUT2D eigenvalue weighted by atomic mass is 10.00. The Morgan fingerprint density at radius 3 is 2.90 bits per heavy atom. The van der Waals surface area contributed by atoms with Crippen LogP contribution in [0.15, 0.2) is 30.3 Å². The molecule has 0 aliphatic rings. The molecule has 1 N–H and O–H groups in total. The van der Waals surface area contributed by atoms with Crippen molar-refractivity contribution >= 4 is 16.7 Å². The van der Waals surface area contributed by atoms with Gasteiger partial charge in [-0.05, 0) is 42.2 Å². The van der Waals surface area contributed by atoms with Crippen molar-refractivity contribution in [2.45, 2.75) is 32.8 Å². The monoisotopic (exact) mass is 271 g/mol. The maximum atomic E-state index is 11.1. The third-order valence-electron chi connectivity index (χ3n) is 3.22. The van der Waals surface area contributed by atoms with Crippen molar-refractivity contribution in [3.63, 3.8) is 0 Å². The van der Waals surface area contributed by atoms with E-state index in [0.717, 1.165) is 35.8 Å². The molecule has 1 radical (unpaired) electrons. The van der Waals surface area contributed by atoms with Crippen LogP contribution in [-0.4, -0.2) is 23.8 Å².